The van der Waals surface area contributed by atoms with E-state index in [0.717, 1.165) is 11.5 Å². The van der Waals surface area contributed by atoms with Gasteiger partial charge in [-0.25, -0.2) is 0 Å². The fourth-order valence-electron chi connectivity index (χ4n) is 4.01. The number of hydrogen-bond donors (Lipinski definition) is 0. The molecular weight excluding hydrogens is 355 g/mol. The first kappa shape index (κ1) is 16.1. The van der Waals surface area contributed by atoms with E-state index in [1.165, 1.54) is 32.9 Å². The Morgan fingerprint density at radius 2 is 1.65 bits per heavy atom. The molecule has 0 heterocycles. The molecule has 5 rings (SSSR count). The predicted octanol–water partition coefficient (Wildman–Crippen LogP) is 6.02. The van der Waals surface area contributed by atoms with Gasteiger partial charge in [0.15, 0.2) is 0 Å². The largest absolute Gasteiger partial charge is 0.0888 e. The molecule has 0 spiro atoms. The van der Waals surface area contributed by atoms with Gasteiger partial charge in [-0.1, -0.05) is 96.5 Å². The van der Waals surface area contributed by atoms with Crippen molar-refractivity contribution in [2.24, 2.45) is 0 Å². The quantitative estimate of drug-likeness (QED) is 0.493. The summed E-state index contributed by atoms with van der Waals surface area (Å²) in [6, 6.07) is 26.5. The highest BCUT2D eigenvalue weighted by molar-refractivity contribution is 7.73. The molecule has 0 amide bonds. The summed E-state index contributed by atoms with van der Waals surface area (Å²) in [5, 5.41) is 3.79. The maximum absolute atomic E-state index is 6.40. The molecule has 0 saturated heterocycles. The normalized spacial score (nSPS) is 18.3. The second-order valence-electron chi connectivity index (χ2n) is 6.76. The van der Waals surface area contributed by atoms with Gasteiger partial charge in [0.2, 0.25) is 0 Å². The molecule has 2 heteroatoms. The summed E-state index contributed by atoms with van der Waals surface area (Å²) in [6.45, 7) is 0. The molecule has 2 aliphatic carbocycles. The highest BCUT2D eigenvalue weighted by Crippen LogP contribution is 2.55. The molecule has 0 aromatic heterocycles. The molecule has 0 radical (unpaired) electrons. The maximum atomic E-state index is 6.40. The van der Waals surface area contributed by atoms with Gasteiger partial charge in [0.25, 0.3) is 0 Å². The van der Waals surface area contributed by atoms with Crippen LogP contribution in [0.1, 0.15) is 27.9 Å². The molecule has 2 aliphatic rings. The molecule has 26 heavy (non-hydrogen) atoms. The van der Waals surface area contributed by atoms with Crippen molar-refractivity contribution in [3.8, 4) is 0 Å². The van der Waals surface area contributed by atoms with Gasteiger partial charge >= 0.3 is 0 Å². The zero-order chi connectivity index (χ0) is 17.5. The summed E-state index contributed by atoms with van der Waals surface area (Å²) in [5.74, 6) is 0. The van der Waals surface area contributed by atoms with Crippen molar-refractivity contribution in [3.05, 3.63) is 106 Å². The van der Waals surface area contributed by atoms with Crippen molar-refractivity contribution in [2.45, 2.75) is 12.1 Å². The summed E-state index contributed by atoms with van der Waals surface area (Å²) < 4.78 is 0. The summed E-state index contributed by atoms with van der Waals surface area (Å²) in [4.78, 5) is 0. The van der Waals surface area contributed by atoms with Crippen LogP contribution >= 0.6 is 19.5 Å². The van der Waals surface area contributed by atoms with Crippen molar-refractivity contribution in [1.82, 2.24) is 0 Å². The standard InChI is InChI=1S/C24H18ClP/c25-19-15-18-8-6-12-23(22(18)16-19)26(20-9-2-1-3-10-20)24-14-13-17-7-4-5-11-21(17)24/h1-14,16,24H,15H2. The number of rotatable bonds is 3. The van der Waals surface area contributed by atoms with E-state index >= 15 is 0 Å². The van der Waals surface area contributed by atoms with Crippen molar-refractivity contribution in [1.29, 1.82) is 0 Å². The minimum Gasteiger partial charge on any atom is -0.0888 e. The van der Waals surface area contributed by atoms with E-state index in [4.69, 9.17) is 11.6 Å². The highest BCUT2D eigenvalue weighted by atomic mass is 35.5. The van der Waals surface area contributed by atoms with Crippen molar-refractivity contribution < 1.29 is 0 Å². The van der Waals surface area contributed by atoms with Gasteiger partial charge in [0.1, 0.15) is 0 Å². The zero-order valence-corrected chi connectivity index (χ0v) is 15.9. The molecule has 0 fully saturated rings. The third-order valence-corrected chi connectivity index (χ3v) is 8.19. The Morgan fingerprint density at radius 3 is 2.54 bits per heavy atom. The summed E-state index contributed by atoms with van der Waals surface area (Å²) >= 11 is 6.40. The first-order chi connectivity index (χ1) is 12.8. The molecule has 0 N–H and O–H groups in total. The van der Waals surface area contributed by atoms with E-state index in [1.807, 2.05) is 0 Å². The van der Waals surface area contributed by atoms with Gasteiger partial charge in [0.05, 0.1) is 0 Å². The van der Waals surface area contributed by atoms with Crippen molar-refractivity contribution >= 4 is 42.3 Å². The number of benzene rings is 3. The van der Waals surface area contributed by atoms with Crippen LogP contribution in [0.3, 0.4) is 0 Å². The number of allylic oxidation sites excluding steroid dienone is 2. The van der Waals surface area contributed by atoms with Crippen LogP contribution in [0.5, 0.6) is 0 Å². The van der Waals surface area contributed by atoms with E-state index in [2.05, 4.69) is 91.0 Å². The van der Waals surface area contributed by atoms with Gasteiger partial charge < -0.3 is 0 Å². The second-order valence-corrected chi connectivity index (χ2v) is 9.54. The van der Waals surface area contributed by atoms with E-state index in [9.17, 15) is 0 Å². The lowest BCUT2D eigenvalue weighted by Gasteiger charge is -2.27. The van der Waals surface area contributed by atoms with Crippen LogP contribution in [0.25, 0.3) is 12.2 Å². The Morgan fingerprint density at radius 1 is 0.846 bits per heavy atom. The smallest absolute Gasteiger partial charge is 0.0311 e. The molecule has 3 aromatic carbocycles. The topological polar surface area (TPSA) is 0 Å². The monoisotopic (exact) mass is 372 g/mol. The molecule has 0 saturated carbocycles. The Hall–Kier alpha value is -2.14. The lowest BCUT2D eigenvalue weighted by molar-refractivity contribution is 1.25. The van der Waals surface area contributed by atoms with Crippen LogP contribution in [-0.2, 0) is 6.42 Å². The van der Waals surface area contributed by atoms with Crippen LogP contribution < -0.4 is 10.6 Å². The Balaban J connectivity index is 1.71. The fourth-order valence-corrected chi connectivity index (χ4v) is 7.15. The van der Waals surface area contributed by atoms with Crippen LogP contribution in [0, 0.1) is 0 Å². The van der Waals surface area contributed by atoms with Crippen LogP contribution in [-0.4, -0.2) is 0 Å². The van der Waals surface area contributed by atoms with Gasteiger partial charge in [-0.3, -0.25) is 0 Å². The van der Waals surface area contributed by atoms with E-state index in [0.29, 0.717) is 5.66 Å². The average molecular weight is 373 g/mol. The van der Waals surface area contributed by atoms with E-state index in [1.54, 1.807) is 0 Å². The number of fused-ring (bicyclic) bond motifs is 2. The second kappa shape index (κ2) is 6.54. The van der Waals surface area contributed by atoms with Crippen LogP contribution in [0.2, 0.25) is 0 Å². The summed E-state index contributed by atoms with van der Waals surface area (Å²) in [6.07, 6.45) is 7.71. The molecule has 2 atom stereocenters. The molecule has 0 bridgehead atoms. The van der Waals surface area contributed by atoms with Crippen molar-refractivity contribution in [3.63, 3.8) is 0 Å². The molecule has 0 nitrogen and oxygen atoms in total. The third-order valence-electron chi connectivity index (χ3n) is 5.18. The summed E-state index contributed by atoms with van der Waals surface area (Å²) in [5.41, 5.74) is 5.88. The van der Waals surface area contributed by atoms with Gasteiger partial charge in [-0.2, -0.15) is 0 Å². The molecule has 126 valence electrons. The van der Waals surface area contributed by atoms with Gasteiger partial charge in [0, 0.05) is 17.1 Å². The highest BCUT2D eigenvalue weighted by Gasteiger charge is 2.31. The minimum absolute atomic E-state index is 0.405. The zero-order valence-electron chi connectivity index (χ0n) is 14.3. The van der Waals surface area contributed by atoms with Gasteiger partial charge in [-0.05, 0) is 46.9 Å². The van der Waals surface area contributed by atoms with Crippen LogP contribution in [0.15, 0.2) is 83.9 Å². The summed E-state index contributed by atoms with van der Waals surface area (Å²) in [7, 11) is -0.551. The Kier molecular flexibility index (Phi) is 4.04. The molecular formula is C24H18ClP. The minimum atomic E-state index is -0.551. The van der Waals surface area contributed by atoms with Gasteiger partial charge in [-0.15, -0.1) is 0 Å². The van der Waals surface area contributed by atoms with E-state index < -0.39 is 7.92 Å². The number of hydrogen-bond acceptors (Lipinski definition) is 0. The SMILES string of the molecule is ClC1=Cc2c(cccc2P(c2ccccc2)C2C=Cc3ccccc32)C1. The molecule has 2 unspecified atom stereocenters. The average Bonchev–Trinajstić information content (AvgIpc) is 3.26. The van der Waals surface area contributed by atoms with Crippen molar-refractivity contribution in [2.75, 3.05) is 0 Å². The number of halogens is 1. The maximum Gasteiger partial charge on any atom is 0.0311 e. The first-order valence-corrected chi connectivity index (χ1v) is 10.7. The van der Waals surface area contributed by atoms with Crippen LogP contribution in [0.4, 0.5) is 0 Å². The Bertz CT molecular complexity index is 1030. The molecule has 3 aromatic rings. The lowest BCUT2D eigenvalue weighted by atomic mass is 10.1. The Labute approximate surface area is 160 Å². The predicted molar refractivity (Wildman–Crippen MR) is 115 cm³/mol. The third kappa shape index (κ3) is 2.65. The molecule has 0 aliphatic heterocycles. The first-order valence-electron chi connectivity index (χ1n) is 8.90. The fraction of sp³-hybridized carbons (Fsp3) is 0.0833. The lowest BCUT2D eigenvalue weighted by Crippen LogP contribution is -2.18. The van der Waals surface area contributed by atoms with E-state index in [-0.39, 0.29) is 0 Å².